The van der Waals surface area contributed by atoms with Crippen LogP contribution < -0.4 is 0 Å². The van der Waals surface area contributed by atoms with Crippen LogP contribution in [0.15, 0.2) is 46.9 Å². The zero-order valence-corrected chi connectivity index (χ0v) is 11.9. The van der Waals surface area contributed by atoms with E-state index in [-0.39, 0.29) is 5.56 Å². The van der Waals surface area contributed by atoms with Gasteiger partial charge in [-0.2, -0.15) is 0 Å². The average molecular weight is 338 g/mol. The Morgan fingerprint density at radius 1 is 1.15 bits per heavy atom. The molecule has 3 aromatic rings. The molecule has 0 radical (unpaired) electrons. The molecular weight excluding hydrogens is 328 g/mol. The summed E-state index contributed by atoms with van der Waals surface area (Å²) < 4.78 is 32.4. The highest BCUT2D eigenvalue weighted by Crippen LogP contribution is 2.30. The SMILES string of the molecule is Fc1ccc(F)c(C(Br)Cc2nc3ccccc3o2)c1. The van der Waals surface area contributed by atoms with Crippen molar-refractivity contribution in [2.75, 3.05) is 0 Å². The summed E-state index contributed by atoms with van der Waals surface area (Å²) in [4.78, 5) is 3.92. The van der Waals surface area contributed by atoms with Gasteiger partial charge < -0.3 is 4.42 Å². The van der Waals surface area contributed by atoms with E-state index in [2.05, 4.69) is 20.9 Å². The summed E-state index contributed by atoms with van der Waals surface area (Å²) in [5.41, 5.74) is 1.69. The quantitative estimate of drug-likeness (QED) is 0.642. The third-order valence-corrected chi connectivity index (χ3v) is 3.80. The largest absolute Gasteiger partial charge is 0.441 e. The highest BCUT2D eigenvalue weighted by molar-refractivity contribution is 9.09. The molecule has 0 aliphatic heterocycles. The van der Waals surface area contributed by atoms with E-state index in [4.69, 9.17) is 4.42 Å². The van der Waals surface area contributed by atoms with E-state index in [0.717, 1.165) is 17.6 Å². The lowest BCUT2D eigenvalue weighted by Gasteiger charge is -2.09. The van der Waals surface area contributed by atoms with Crippen molar-refractivity contribution in [2.45, 2.75) is 11.2 Å². The molecule has 1 atom stereocenters. The van der Waals surface area contributed by atoms with Crippen molar-refractivity contribution < 1.29 is 13.2 Å². The molecule has 0 saturated heterocycles. The number of hydrogen-bond acceptors (Lipinski definition) is 2. The zero-order valence-electron chi connectivity index (χ0n) is 10.3. The van der Waals surface area contributed by atoms with Gasteiger partial charge in [-0.1, -0.05) is 28.1 Å². The normalized spacial score (nSPS) is 12.8. The Morgan fingerprint density at radius 2 is 1.95 bits per heavy atom. The van der Waals surface area contributed by atoms with Crippen LogP contribution in [0.4, 0.5) is 8.78 Å². The number of nitrogens with zero attached hydrogens (tertiary/aromatic N) is 1. The molecule has 5 heteroatoms. The molecule has 0 aliphatic carbocycles. The van der Waals surface area contributed by atoms with Gasteiger partial charge in [-0.15, -0.1) is 0 Å². The Labute approximate surface area is 122 Å². The van der Waals surface area contributed by atoms with Crippen LogP contribution >= 0.6 is 15.9 Å². The Kier molecular flexibility index (Phi) is 3.53. The summed E-state index contributed by atoms with van der Waals surface area (Å²) in [5, 5.41) is 0. The van der Waals surface area contributed by atoms with E-state index < -0.39 is 16.5 Å². The molecule has 1 unspecified atom stereocenters. The molecule has 2 nitrogen and oxygen atoms in total. The van der Waals surface area contributed by atoms with Gasteiger partial charge in [0.15, 0.2) is 11.5 Å². The fourth-order valence-electron chi connectivity index (χ4n) is 2.03. The summed E-state index contributed by atoms with van der Waals surface area (Å²) in [6.07, 6.45) is 0.342. The van der Waals surface area contributed by atoms with Crippen molar-refractivity contribution in [1.82, 2.24) is 4.98 Å². The monoisotopic (exact) mass is 337 g/mol. The standard InChI is InChI=1S/C15H10BrF2NO/c16-11(10-7-9(17)5-6-12(10)18)8-15-19-13-3-1-2-4-14(13)20-15/h1-7,11H,8H2. The average Bonchev–Trinajstić information content (AvgIpc) is 2.83. The predicted octanol–water partition coefficient (Wildman–Crippen LogP) is 4.78. The second kappa shape index (κ2) is 5.32. The summed E-state index contributed by atoms with van der Waals surface area (Å²) in [6, 6.07) is 10.8. The first-order chi connectivity index (χ1) is 9.63. The number of fused-ring (bicyclic) bond motifs is 1. The smallest absolute Gasteiger partial charge is 0.196 e. The van der Waals surface area contributed by atoms with Crippen molar-refractivity contribution in [3.63, 3.8) is 0 Å². The molecule has 3 rings (SSSR count). The maximum Gasteiger partial charge on any atom is 0.196 e. The third kappa shape index (κ3) is 2.58. The first kappa shape index (κ1) is 13.2. The van der Waals surface area contributed by atoms with Crippen LogP contribution in [0, 0.1) is 11.6 Å². The molecular formula is C15H10BrF2NO. The van der Waals surface area contributed by atoms with Crippen molar-refractivity contribution >= 4 is 27.0 Å². The van der Waals surface area contributed by atoms with Crippen LogP contribution in [0.1, 0.15) is 16.3 Å². The Balaban J connectivity index is 1.88. The molecule has 0 aliphatic rings. The van der Waals surface area contributed by atoms with Gasteiger partial charge in [-0.3, -0.25) is 0 Å². The first-order valence-corrected chi connectivity index (χ1v) is 6.98. The van der Waals surface area contributed by atoms with E-state index in [0.29, 0.717) is 17.9 Å². The van der Waals surface area contributed by atoms with E-state index in [1.165, 1.54) is 6.07 Å². The zero-order chi connectivity index (χ0) is 14.1. The molecule has 0 amide bonds. The summed E-state index contributed by atoms with van der Waals surface area (Å²) >= 11 is 3.36. The molecule has 102 valence electrons. The fraction of sp³-hybridized carbons (Fsp3) is 0.133. The van der Waals surface area contributed by atoms with Crippen molar-refractivity contribution in [2.24, 2.45) is 0 Å². The second-order valence-electron chi connectivity index (χ2n) is 4.41. The molecule has 0 spiro atoms. The molecule has 0 saturated carbocycles. The minimum Gasteiger partial charge on any atom is -0.441 e. The molecule has 0 fully saturated rings. The van der Waals surface area contributed by atoms with Crippen LogP contribution in [0.5, 0.6) is 0 Å². The second-order valence-corrected chi connectivity index (χ2v) is 5.52. The number of benzene rings is 2. The minimum absolute atomic E-state index is 0.257. The van der Waals surface area contributed by atoms with Gasteiger partial charge in [0.2, 0.25) is 0 Å². The lowest BCUT2D eigenvalue weighted by atomic mass is 10.1. The Morgan fingerprint density at radius 3 is 2.75 bits per heavy atom. The van der Waals surface area contributed by atoms with Crippen LogP contribution in [0.3, 0.4) is 0 Å². The topological polar surface area (TPSA) is 26.0 Å². The van der Waals surface area contributed by atoms with Gasteiger partial charge in [-0.25, -0.2) is 13.8 Å². The number of oxazole rings is 1. The lowest BCUT2D eigenvalue weighted by molar-refractivity contribution is 0.520. The highest BCUT2D eigenvalue weighted by Gasteiger charge is 2.17. The van der Waals surface area contributed by atoms with Gasteiger partial charge >= 0.3 is 0 Å². The first-order valence-electron chi connectivity index (χ1n) is 6.07. The number of rotatable bonds is 3. The van der Waals surface area contributed by atoms with Gasteiger partial charge in [0, 0.05) is 12.0 Å². The minimum atomic E-state index is -0.469. The van der Waals surface area contributed by atoms with Crippen LogP contribution in [0.25, 0.3) is 11.1 Å². The number of halogens is 3. The Hall–Kier alpha value is -1.75. The van der Waals surface area contributed by atoms with Crippen LogP contribution in [0.2, 0.25) is 0 Å². The number of alkyl halides is 1. The number of para-hydroxylation sites is 2. The van der Waals surface area contributed by atoms with Gasteiger partial charge in [0.1, 0.15) is 17.2 Å². The molecule has 2 aromatic carbocycles. The summed E-state index contributed by atoms with van der Waals surface area (Å²) in [6.45, 7) is 0. The van der Waals surface area contributed by atoms with E-state index >= 15 is 0 Å². The fourth-order valence-corrected chi connectivity index (χ4v) is 2.65. The highest BCUT2D eigenvalue weighted by atomic mass is 79.9. The molecule has 0 bridgehead atoms. The molecule has 1 heterocycles. The van der Waals surface area contributed by atoms with Crippen LogP contribution in [-0.4, -0.2) is 4.98 Å². The molecule has 0 N–H and O–H groups in total. The van der Waals surface area contributed by atoms with Gasteiger partial charge in [0.05, 0.1) is 4.83 Å². The van der Waals surface area contributed by atoms with Crippen molar-refractivity contribution in [3.05, 3.63) is 65.6 Å². The summed E-state index contributed by atoms with van der Waals surface area (Å²) in [7, 11) is 0. The maximum atomic E-state index is 13.7. The van der Waals surface area contributed by atoms with E-state index in [1.54, 1.807) is 0 Å². The lowest BCUT2D eigenvalue weighted by Crippen LogP contribution is -1.99. The Bertz CT molecular complexity index is 723. The third-order valence-electron chi connectivity index (χ3n) is 2.99. The molecule has 1 aromatic heterocycles. The van der Waals surface area contributed by atoms with E-state index in [1.807, 2.05) is 24.3 Å². The van der Waals surface area contributed by atoms with E-state index in [9.17, 15) is 8.78 Å². The van der Waals surface area contributed by atoms with Gasteiger partial charge in [-0.05, 0) is 30.3 Å². The number of aromatic nitrogens is 1. The van der Waals surface area contributed by atoms with Crippen molar-refractivity contribution in [1.29, 1.82) is 0 Å². The summed E-state index contributed by atoms with van der Waals surface area (Å²) in [5.74, 6) is -0.440. The van der Waals surface area contributed by atoms with Gasteiger partial charge in [0.25, 0.3) is 0 Å². The molecule has 20 heavy (non-hydrogen) atoms. The maximum absolute atomic E-state index is 13.7. The number of hydrogen-bond donors (Lipinski definition) is 0. The predicted molar refractivity (Wildman–Crippen MR) is 75.7 cm³/mol. The van der Waals surface area contributed by atoms with Crippen molar-refractivity contribution in [3.8, 4) is 0 Å². The van der Waals surface area contributed by atoms with Crippen LogP contribution in [-0.2, 0) is 6.42 Å².